The molecule has 0 aromatic carbocycles. The van der Waals surface area contributed by atoms with Crippen molar-refractivity contribution in [3.05, 3.63) is 0 Å². The maximum absolute atomic E-state index is 5.65. The Hall–Kier alpha value is -0.120. The van der Waals surface area contributed by atoms with Crippen molar-refractivity contribution in [1.82, 2.24) is 10.2 Å². The summed E-state index contributed by atoms with van der Waals surface area (Å²) in [5.74, 6) is 0. The molecule has 1 aliphatic heterocycles. The fourth-order valence-corrected chi connectivity index (χ4v) is 2.36. The van der Waals surface area contributed by atoms with E-state index in [-0.39, 0.29) is 0 Å². The third-order valence-corrected chi connectivity index (χ3v) is 3.39. The van der Waals surface area contributed by atoms with Crippen molar-refractivity contribution in [2.45, 2.75) is 52.0 Å². The van der Waals surface area contributed by atoms with E-state index in [0.29, 0.717) is 6.04 Å². The topological polar surface area (TPSA) is 24.5 Å². The molecule has 0 saturated carbocycles. The van der Waals surface area contributed by atoms with Gasteiger partial charge >= 0.3 is 0 Å². The van der Waals surface area contributed by atoms with Crippen molar-refractivity contribution in [2.24, 2.45) is 0 Å². The SMILES string of the molecule is CCCCOCCN1CCCNC(CCC)C1. The molecule has 0 aromatic rings. The molecule has 0 radical (unpaired) electrons. The van der Waals surface area contributed by atoms with Gasteiger partial charge in [0.25, 0.3) is 0 Å². The molecule has 1 atom stereocenters. The Bertz CT molecular complexity index is 176. The number of ether oxygens (including phenoxy) is 1. The Labute approximate surface area is 107 Å². The van der Waals surface area contributed by atoms with Gasteiger partial charge in [0.2, 0.25) is 0 Å². The zero-order chi connectivity index (χ0) is 12.3. The summed E-state index contributed by atoms with van der Waals surface area (Å²) in [6, 6.07) is 0.693. The first kappa shape index (κ1) is 14.9. The van der Waals surface area contributed by atoms with Crippen LogP contribution in [0.1, 0.15) is 46.0 Å². The summed E-state index contributed by atoms with van der Waals surface area (Å²) in [6.45, 7) is 11.0. The van der Waals surface area contributed by atoms with E-state index >= 15 is 0 Å². The third kappa shape index (κ3) is 7.02. The van der Waals surface area contributed by atoms with Crippen molar-refractivity contribution in [1.29, 1.82) is 0 Å². The first-order valence-electron chi connectivity index (χ1n) is 7.40. The monoisotopic (exact) mass is 242 g/mol. The molecule has 1 N–H and O–H groups in total. The maximum atomic E-state index is 5.65. The molecule has 1 heterocycles. The second-order valence-corrected chi connectivity index (χ2v) is 5.06. The van der Waals surface area contributed by atoms with Gasteiger partial charge in [0, 0.05) is 25.7 Å². The molecule has 0 spiro atoms. The maximum Gasteiger partial charge on any atom is 0.0593 e. The average molecular weight is 242 g/mol. The van der Waals surface area contributed by atoms with Gasteiger partial charge in [-0.25, -0.2) is 0 Å². The van der Waals surface area contributed by atoms with Gasteiger partial charge in [0.1, 0.15) is 0 Å². The summed E-state index contributed by atoms with van der Waals surface area (Å²) in [7, 11) is 0. The van der Waals surface area contributed by atoms with Crippen molar-refractivity contribution >= 4 is 0 Å². The molecule has 3 nitrogen and oxygen atoms in total. The number of unbranched alkanes of at least 4 members (excludes halogenated alkanes) is 1. The lowest BCUT2D eigenvalue weighted by Crippen LogP contribution is -2.38. The Balaban J connectivity index is 2.12. The van der Waals surface area contributed by atoms with Gasteiger partial charge in [-0.2, -0.15) is 0 Å². The molecule has 17 heavy (non-hydrogen) atoms. The molecule has 3 heteroatoms. The van der Waals surface area contributed by atoms with Crippen LogP contribution in [0, 0.1) is 0 Å². The van der Waals surface area contributed by atoms with E-state index in [1.807, 2.05) is 0 Å². The second-order valence-electron chi connectivity index (χ2n) is 5.06. The first-order chi connectivity index (χ1) is 8.36. The lowest BCUT2D eigenvalue weighted by atomic mass is 10.1. The Kier molecular flexibility index (Phi) is 8.67. The smallest absolute Gasteiger partial charge is 0.0593 e. The summed E-state index contributed by atoms with van der Waals surface area (Å²) in [5.41, 5.74) is 0. The number of rotatable bonds is 8. The molecule has 1 aliphatic rings. The minimum Gasteiger partial charge on any atom is -0.380 e. The molecular weight excluding hydrogens is 212 g/mol. The van der Waals surface area contributed by atoms with Crippen LogP contribution in [0.25, 0.3) is 0 Å². The van der Waals surface area contributed by atoms with E-state index in [9.17, 15) is 0 Å². The Morgan fingerprint density at radius 1 is 1.24 bits per heavy atom. The predicted molar refractivity (Wildman–Crippen MR) is 73.5 cm³/mol. The van der Waals surface area contributed by atoms with Crippen LogP contribution in [0.5, 0.6) is 0 Å². The van der Waals surface area contributed by atoms with Crippen molar-refractivity contribution in [3.8, 4) is 0 Å². The minimum absolute atomic E-state index is 0.693. The molecule has 1 unspecified atom stereocenters. The summed E-state index contributed by atoms with van der Waals surface area (Å²) in [5, 5.41) is 3.64. The molecule has 0 amide bonds. The van der Waals surface area contributed by atoms with Gasteiger partial charge in [-0.1, -0.05) is 26.7 Å². The van der Waals surface area contributed by atoms with E-state index in [2.05, 4.69) is 24.1 Å². The standard InChI is InChI=1S/C14H30N2O/c1-3-5-11-17-12-10-16-9-6-8-15-14(13-16)7-4-2/h14-15H,3-13H2,1-2H3. The highest BCUT2D eigenvalue weighted by molar-refractivity contribution is 4.75. The highest BCUT2D eigenvalue weighted by Crippen LogP contribution is 2.05. The van der Waals surface area contributed by atoms with Crippen LogP contribution in [0.3, 0.4) is 0 Å². The van der Waals surface area contributed by atoms with Gasteiger partial charge in [0.05, 0.1) is 6.61 Å². The van der Waals surface area contributed by atoms with Gasteiger partial charge in [0.15, 0.2) is 0 Å². The van der Waals surface area contributed by atoms with Crippen LogP contribution in [0.4, 0.5) is 0 Å². The highest BCUT2D eigenvalue weighted by Gasteiger charge is 2.16. The largest absolute Gasteiger partial charge is 0.380 e. The van der Waals surface area contributed by atoms with Crippen LogP contribution >= 0.6 is 0 Å². The number of nitrogens with one attached hydrogen (secondary N) is 1. The lowest BCUT2D eigenvalue weighted by molar-refractivity contribution is 0.100. The summed E-state index contributed by atoms with van der Waals surface area (Å²) >= 11 is 0. The fourth-order valence-electron chi connectivity index (χ4n) is 2.36. The zero-order valence-electron chi connectivity index (χ0n) is 11.7. The molecular formula is C14H30N2O. The van der Waals surface area contributed by atoms with Crippen molar-refractivity contribution in [3.63, 3.8) is 0 Å². The Morgan fingerprint density at radius 2 is 2.12 bits per heavy atom. The summed E-state index contributed by atoms with van der Waals surface area (Å²) in [6.07, 6.45) is 6.27. The summed E-state index contributed by atoms with van der Waals surface area (Å²) < 4.78 is 5.65. The van der Waals surface area contributed by atoms with Crippen molar-refractivity contribution in [2.75, 3.05) is 39.4 Å². The highest BCUT2D eigenvalue weighted by atomic mass is 16.5. The van der Waals surface area contributed by atoms with Crippen LogP contribution in [-0.4, -0.2) is 50.3 Å². The molecule has 1 saturated heterocycles. The first-order valence-corrected chi connectivity index (χ1v) is 7.40. The predicted octanol–water partition coefficient (Wildman–Crippen LogP) is 2.27. The van der Waals surface area contributed by atoms with Gasteiger partial charge in [-0.3, -0.25) is 4.90 Å². The van der Waals surface area contributed by atoms with E-state index in [0.717, 1.165) is 19.8 Å². The quantitative estimate of drug-likeness (QED) is 0.661. The van der Waals surface area contributed by atoms with E-state index in [1.165, 1.54) is 51.7 Å². The van der Waals surface area contributed by atoms with Gasteiger partial charge in [-0.05, 0) is 32.4 Å². The molecule has 0 bridgehead atoms. The number of hydrogen-bond acceptors (Lipinski definition) is 3. The van der Waals surface area contributed by atoms with Crippen molar-refractivity contribution < 1.29 is 4.74 Å². The molecule has 1 rings (SSSR count). The number of hydrogen-bond donors (Lipinski definition) is 1. The van der Waals surface area contributed by atoms with E-state index in [1.54, 1.807) is 0 Å². The molecule has 102 valence electrons. The van der Waals surface area contributed by atoms with Crippen LogP contribution in [0.2, 0.25) is 0 Å². The Morgan fingerprint density at radius 3 is 2.88 bits per heavy atom. The lowest BCUT2D eigenvalue weighted by Gasteiger charge is -2.24. The van der Waals surface area contributed by atoms with Gasteiger partial charge in [-0.15, -0.1) is 0 Å². The van der Waals surface area contributed by atoms with E-state index < -0.39 is 0 Å². The molecule has 0 aliphatic carbocycles. The van der Waals surface area contributed by atoms with Crippen LogP contribution < -0.4 is 5.32 Å². The average Bonchev–Trinajstić information content (AvgIpc) is 2.55. The van der Waals surface area contributed by atoms with Crippen LogP contribution in [-0.2, 0) is 4.74 Å². The van der Waals surface area contributed by atoms with Crippen LogP contribution in [0.15, 0.2) is 0 Å². The van der Waals surface area contributed by atoms with E-state index in [4.69, 9.17) is 4.74 Å². The summed E-state index contributed by atoms with van der Waals surface area (Å²) in [4.78, 5) is 2.56. The minimum atomic E-state index is 0.693. The fraction of sp³-hybridized carbons (Fsp3) is 1.00. The number of nitrogens with zero attached hydrogens (tertiary/aromatic N) is 1. The zero-order valence-corrected chi connectivity index (χ0v) is 11.7. The molecule has 0 aromatic heterocycles. The third-order valence-electron chi connectivity index (χ3n) is 3.39. The normalized spacial score (nSPS) is 22.6. The molecule has 1 fully saturated rings. The second kappa shape index (κ2) is 9.86. The van der Waals surface area contributed by atoms with Gasteiger partial charge < -0.3 is 10.1 Å².